The van der Waals surface area contributed by atoms with Crippen LogP contribution < -0.4 is 0 Å². The Kier molecular flexibility index (Phi) is 5.24. The number of phenols is 1. The summed E-state index contributed by atoms with van der Waals surface area (Å²) in [5, 5.41) is 15.9. The van der Waals surface area contributed by atoms with Gasteiger partial charge in [0.2, 0.25) is 0 Å². The van der Waals surface area contributed by atoms with E-state index in [0.29, 0.717) is 0 Å². The van der Waals surface area contributed by atoms with Gasteiger partial charge in [0.25, 0.3) is 0 Å². The molecule has 0 fully saturated rings. The van der Waals surface area contributed by atoms with E-state index in [2.05, 4.69) is 27.6 Å². The number of hydrogen-bond donors (Lipinski definition) is 1. The maximum absolute atomic E-state index is 9.87. The molecule has 5 nitrogen and oxygen atoms in total. The van der Waals surface area contributed by atoms with Gasteiger partial charge in [0.05, 0.1) is 11.2 Å². The van der Waals surface area contributed by atoms with Gasteiger partial charge < -0.3 is 5.11 Å². The normalized spacial score (nSPS) is 15.1. The Bertz CT molecular complexity index is 1060. The first-order valence-corrected chi connectivity index (χ1v) is 10.1. The second-order valence-corrected chi connectivity index (χ2v) is 7.16. The number of phenolic OH excluding ortho intramolecular Hbond substituents is 1. The summed E-state index contributed by atoms with van der Waals surface area (Å²) in [6.07, 6.45) is 11.2. The van der Waals surface area contributed by atoms with Crippen molar-refractivity contribution in [2.75, 3.05) is 0 Å². The zero-order valence-electron chi connectivity index (χ0n) is 16.5. The zero-order chi connectivity index (χ0) is 19.5. The first-order chi connectivity index (χ1) is 13.7. The average Bonchev–Trinajstić information content (AvgIpc) is 2.89. The van der Waals surface area contributed by atoms with Crippen molar-refractivity contribution in [2.45, 2.75) is 52.5 Å². The van der Waals surface area contributed by atoms with E-state index in [1.807, 2.05) is 31.5 Å². The van der Waals surface area contributed by atoms with Gasteiger partial charge in [0.1, 0.15) is 11.4 Å². The molecule has 0 aliphatic carbocycles. The molecule has 0 spiro atoms. The number of pyridine rings is 1. The molecule has 144 valence electrons. The Hall–Kier alpha value is -2.95. The monoisotopic (exact) mass is 374 g/mol. The van der Waals surface area contributed by atoms with Crippen molar-refractivity contribution < 1.29 is 5.11 Å². The van der Waals surface area contributed by atoms with Gasteiger partial charge in [-0.15, -0.1) is 0 Å². The third-order valence-corrected chi connectivity index (χ3v) is 5.27. The molecule has 0 radical (unpaired) electrons. The van der Waals surface area contributed by atoms with Crippen LogP contribution in [0.2, 0.25) is 0 Å². The summed E-state index contributed by atoms with van der Waals surface area (Å²) in [7, 11) is 0. The smallest absolute Gasteiger partial charge is 0.118 e. The number of aliphatic imine (C=N–C) groups is 1. The number of aryl methyl sites for hydroxylation is 1. The van der Waals surface area contributed by atoms with Crippen molar-refractivity contribution in [2.24, 2.45) is 4.99 Å². The minimum atomic E-state index is 0.230. The molecule has 3 aromatic rings. The van der Waals surface area contributed by atoms with Gasteiger partial charge in [-0.05, 0) is 56.4 Å². The molecule has 4 rings (SSSR count). The maximum atomic E-state index is 9.87. The molecule has 1 aliphatic rings. The van der Waals surface area contributed by atoms with Crippen molar-refractivity contribution in [1.29, 1.82) is 0 Å². The van der Waals surface area contributed by atoms with E-state index in [1.165, 1.54) is 18.5 Å². The maximum Gasteiger partial charge on any atom is 0.118 e. The molecule has 0 bridgehead atoms. The van der Waals surface area contributed by atoms with Crippen LogP contribution in [0.3, 0.4) is 0 Å². The number of allylic oxidation sites excluding steroid dienone is 1. The van der Waals surface area contributed by atoms with E-state index in [-0.39, 0.29) is 5.75 Å². The van der Waals surface area contributed by atoms with Crippen molar-refractivity contribution in [3.8, 4) is 16.9 Å². The van der Waals surface area contributed by atoms with Gasteiger partial charge >= 0.3 is 0 Å². The fourth-order valence-corrected chi connectivity index (χ4v) is 3.95. The summed E-state index contributed by atoms with van der Waals surface area (Å²) in [6, 6.07) is 7.44. The van der Waals surface area contributed by atoms with E-state index in [1.54, 1.807) is 12.1 Å². The van der Waals surface area contributed by atoms with Gasteiger partial charge in [0, 0.05) is 41.7 Å². The molecule has 0 amide bonds. The highest BCUT2D eigenvalue weighted by molar-refractivity contribution is 5.98. The molecule has 5 heteroatoms. The first kappa shape index (κ1) is 18.4. The SMILES string of the molecule is C/C=C(\N=CCC)c1nn2c(c1-c1ccnc3cc(O)ccc13)CCCCC2. The van der Waals surface area contributed by atoms with Gasteiger partial charge in [-0.25, -0.2) is 0 Å². The van der Waals surface area contributed by atoms with E-state index in [4.69, 9.17) is 5.10 Å². The molecule has 1 N–H and O–H groups in total. The highest BCUT2D eigenvalue weighted by Crippen LogP contribution is 2.38. The van der Waals surface area contributed by atoms with Crippen LogP contribution in [0.15, 0.2) is 41.5 Å². The Morgan fingerprint density at radius 2 is 2.14 bits per heavy atom. The molecule has 1 aromatic carbocycles. The fourth-order valence-electron chi connectivity index (χ4n) is 3.95. The molecular weight excluding hydrogens is 348 g/mol. The number of nitrogens with zero attached hydrogens (tertiary/aromatic N) is 4. The van der Waals surface area contributed by atoms with Crippen LogP contribution in [0.25, 0.3) is 27.7 Å². The molecule has 28 heavy (non-hydrogen) atoms. The molecule has 0 saturated heterocycles. The molecular formula is C23H26N4O. The second-order valence-electron chi connectivity index (χ2n) is 7.16. The number of rotatable bonds is 4. The van der Waals surface area contributed by atoms with Crippen LogP contribution in [0.4, 0.5) is 0 Å². The lowest BCUT2D eigenvalue weighted by Gasteiger charge is -2.10. The number of hydrogen-bond acceptors (Lipinski definition) is 4. The largest absolute Gasteiger partial charge is 0.508 e. The Morgan fingerprint density at radius 1 is 1.25 bits per heavy atom. The average molecular weight is 374 g/mol. The zero-order valence-corrected chi connectivity index (χ0v) is 16.5. The minimum absolute atomic E-state index is 0.230. The topological polar surface area (TPSA) is 63.3 Å². The highest BCUT2D eigenvalue weighted by atomic mass is 16.3. The Balaban J connectivity index is 2.00. The Morgan fingerprint density at radius 3 is 2.96 bits per heavy atom. The van der Waals surface area contributed by atoms with E-state index < -0.39 is 0 Å². The number of benzene rings is 1. The third kappa shape index (κ3) is 3.33. The Labute approximate surface area is 165 Å². The van der Waals surface area contributed by atoms with Crippen LogP contribution in [-0.4, -0.2) is 26.1 Å². The molecule has 0 saturated carbocycles. The molecule has 2 aromatic heterocycles. The van der Waals surface area contributed by atoms with Gasteiger partial charge in [0.15, 0.2) is 0 Å². The fraction of sp³-hybridized carbons (Fsp3) is 0.348. The third-order valence-electron chi connectivity index (χ3n) is 5.27. The van der Waals surface area contributed by atoms with Crippen LogP contribution in [-0.2, 0) is 13.0 Å². The molecule has 0 atom stereocenters. The van der Waals surface area contributed by atoms with Crippen molar-refractivity contribution in [1.82, 2.24) is 14.8 Å². The lowest BCUT2D eigenvalue weighted by atomic mass is 9.96. The van der Waals surface area contributed by atoms with Gasteiger partial charge in [-0.1, -0.05) is 19.4 Å². The summed E-state index contributed by atoms with van der Waals surface area (Å²) in [5.74, 6) is 0.230. The van der Waals surface area contributed by atoms with Gasteiger partial charge in [-0.3, -0.25) is 14.7 Å². The second kappa shape index (κ2) is 7.97. The van der Waals surface area contributed by atoms with Gasteiger partial charge in [-0.2, -0.15) is 5.10 Å². The highest BCUT2D eigenvalue weighted by Gasteiger charge is 2.24. The first-order valence-electron chi connectivity index (χ1n) is 10.1. The summed E-state index contributed by atoms with van der Waals surface area (Å²) in [5.41, 5.74) is 6.16. The summed E-state index contributed by atoms with van der Waals surface area (Å²) < 4.78 is 2.18. The lowest BCUT2D eigenvalue weighted by Crippen LogP contribution is -2.02. The van der Waals surface area contributed by atoms with Crippen LogP contribution in [0.5, 0.6) is 5.75 Å². The number of fused-ring (bicyclic) bond motifs is 2. The van der Waals surface area contributed by atoms with Crippen LogP contribution in [0.1, 0.15) is 50.9 Å². The molecule has 1 aliphatic heterocycles. The van der Waals surface area contributed by atoms with Crippen molar-refractivity contribution >= 4 is 22.8 Å². The summed E-state index contributed by atoms with van der Waals surface area (Å²) in [6.45, 7) is 5.04. The molecule has 0 unspecified atom stereocenters. The van der Waals surface area contributed by atoms with E-state index in [0.717, 1.165) is 59.2 Å². The lowest BCUT2D eigenvalue weighted by molar-refractivity contribution is 0.476. The minimum Gasteiger partial charge on any atom is -0.508 e. The molecule has 3 heterocycles. The van der Waals surface area contributed by atoms with E-state index >= 15 is 0 Å². The van der Waals surface area contributed by atoms with Crippen LogP contribution >= 0.6 is 0 Å². The number of aromatic nitrogens is 3. The standard InChI is InChI=1S/C23H26N4O/c1-3-12-24-19(4-2)23-22(21-8-6-5-7-14-27(21)26-23)18-11-13-25-20-15-16(28)9-10-17(18)20/h4,9-13,15,28H,3,5-8,14H2,1-2H3/b19-4-,24-12?. The number of aromatic hydroxyl groups is 1. The van der Waals surface area contributed by atoms with E-state index in [9.17, 15) is 5.11 Å². The van der Waals surface area contributed by atoms with Crippen LogP contribution in [0, 0.1) is 0 Å². The predicted octanol–water partition coefficient (Wildman–Crippen LogP) is 5.37. The quantitative estimate of drug-likeness (QED) is 0.624. The van der Waals surface area contributed by atoms with Crippen molar-refractivity contribution in [3.63, 3.8) is 0 Å². The summed E-state index contributed by atoms with van der Waals surface area (Å²) >= 11 is 0. The predicted molar refractivity (Wildman–Crippen MR) is 115 cm³/mol. The van der Waals surface area contributed by atoms with Crippen molar-refractivity contribution in [3.05, 3.63) is 47.9 Å². The summed E-state index contributed by atoms with van der Waals surface area (Å²) in [4.78, 5) is 9.14.